The summed E-state index contributed by atoms with van der Waals surface area (Å²) in [5, 5.41) is 9.90. The van der Waals surface area contributed by atoms with Gasteiger partial charge in [-0.25, -0.2) is 9.97 Å². The number of rotatable bonds is 3. The Bertz CT molecular complexity index is 543. The lowest BCUT2D eigenvalue weighted by atomic mass is 10.0. The first-order valence-corrected chi connectivity index (χ1v) is 5.57. The molecule has 1 aromatic carbocycles. The van der Waals surface area contributed by atoms with Crippen molar-refractivity contribution in [3.8, 4) is 0 Å². The second-order valence-corrected chi connectivity index (χ2v) is 4.05. The van der Waals surface area contributed by atoms with Gasteiger partial charge in [0.25, 0.3) is 0 Å². The van der Waals surface area contributed by atoms with E-state index >= 15 is 0 Å². The van der Waals surface area contributed by atoms with Gasteiger partial charge in [0.15, 0.2) is 0 Å². The van der Waals surface area contributed by atoms with Crippen molar-refractivity contribution in [2.45, 2.75) is 18.7 Å². The summed E-state index contributed by atoms with van der Waals surface area (Å²) in [6, 6.07) is 6.42. The van der Waals surface area contributed by atoms with Crippen molar-refractivity contribution >= 4 is 0 Å². The third kappa shape index (κ3) is 3.51. The molecule has 19 heavy (non-hydrogen) atoms. The fourth-order valence-electron chi connectivity index (χ4n) is 1.70. The summed E-state index contributed by atoms with van der Waals surface area (Å²) < 4.78 is 37.6. The molecular formula is C13H11F3N2O. The molecule has 0 spiro atoms. The summed E-state index contributed by atoms with van der Waals surface area (Å²) in [4.78, 5) is 7.57. The lowest BCUT2D eigenvalue weighted by molar-refractivity contribution is -0.137. The number of alkyl halides is 3. The molecule has 1 aromatic heterocycles. The van der Waals surface area contributed by atoms with Crippen LogP contribution in [0.2, 0.25) is 0 Å². The number of aliphatic hydroxyl groups excluding tert-OH is 1. The molecule has 0 fully saturated rings. The predicted molar refractivity (Wildman–Crippen MR) is 62.1 cm³/mol. The van der Waals surface area contributed by atoms with Crippen LogP contribution >= 0.6 is 0 Å². The SMILES string of the molecule is OC(Cc1cccc(C(F)(F)F)c1)c1ccncn1. The number of benzene rings is 1. The van der Waals surface area contributed by atoms with E-state index in [-0.39, 0.29) is 6.42 Å². The van der Waals surface area contributed by atoms with Crippen molar-refractivity contribution in [1.82, 2.24) is 9.97 Å². The van der Waals surface area contributed by atoms with E-state index in [1.807, 2.05) is 0 Å². The molecule has 0 saturated heterocycles. The molecule has 3 nitrogen and oxygen atoms in total. The zero-order valence-corrected chi connectivity index (χ0v) is 9.80. The van der Waals surface area contributed by atoms with E-state index in [1.54, 1.807) is 6.07 Å². The molecule has 1 atom stereocenters. The highest BCUT2D eigenvalue weighted by atomic mass is 19.4. The van der Waals surface area contributed by atoms with Gasteiger partial charge < -0.3 is 5.11 Å². The highest BCUT2D eigenvalue weighted by molar-refractivity contribution is 5.26. The van der Waals surface area contributed by atoms with Gasteiger partial charge >= 0.3 is 6.18 Å². The van der Waals surface area contributed by atoms with E-state index < -0.39 is 17.8 Å². The Kier molecular flexibility index (Phi) is 3.80. The largest absolute Gasteiger partial charge is 0.416 e. The smallest absolute Gasteiger partial charge is 0.386 e. The van der Waals surface area contributed by atoms with E-state index in [0.29, 0.717) is 11.3 Å². The van der Waals surface area contributed by atoms with Crippen molar-refractivity contribution in [1.29, 1.82) is 0 Å². The predicted octanol–water partition coefficient (Wildman–Crippen LogP) is 2.77. The van der Waals surface area contributed by atoms with Crippen LogP contribution in [0.5, 0.6) is 0 Å². The highest BCUT2D eigenvalue weighted by Gasteiger charge is 2.30. The number of aromatic nitrogens is 2. The summed E-state index contributed by atoms with van der Waals surface area (Å²) in [5.41, 5.74) is 0.0632. The Morgan fingerprint density at radius 1 is 1.21 bits per heavy atom. The summed E-state index contributed by atoms with van der Waals surface area (Å²) in [6.45, 7) is 0. The van der Waals surface area contributed by atoms with Gasteiger partial charge in [-0.2, -0.15) is 13.2 Å². The molecular weight excluding hydrogens is 257 g/mol. The number of nitrogens with zero attached hydrogens (tertiary/aromatic N) is 2. The fourth-order valence-corrected chi connectivity index (χ4v) is 1.70. The zero-order chi connectivity index (χ0) is 13.9. The third-order valence-corrected chi connectivity index (χ3v) is 2.63. The van der Waals surface area contributed by atoms with Gasteiger partial charge in [-0.1, -0.05) is 18.2 Å². The average Bonchev–Trinajstić information content (AvgIpc) is 2.39. The number of hydrogen-bond acceptors (Lipinski definition) is 3. The molecule has 2 aromatic rings. The van der Waals surface area contributed by atoms with Crippen LogP contribution in [-0.2, 0) is 12.6 Å². The quantitative estimate of drug-likeness (QED) is 0.931. The van der Waals surface area contributed by atoms with Crippen LogP contribution in [0.25, 0.3) is 0 Å². The van der Waals surface area contributed by atoms with Crippen LogP contribution < -0.4 is 0 Å². The van der Waals surface area contributed by atoms with Gasteiger partial charge in [-0.3, -0.25) is 0 Å². The molecule has 1 heterocycles. The van der Waals surface area contributed by atoms with E-state index in [4.69, 9.17) is 0 Å². The van der Waals surface area contributed by atoms with Gasteiger partial charge in [-0.05, 0) is 17.7 Å². The summed E-state index contributed by atoms with van der Waals surface area (Å²) in [6.07, 6.45) is -2.51. The summed E-state index contributed by atoms with van der Waals surface area (Å²) in [5.74, 6) is 0. The topological polar surface area (TPSA) is 46.0 Å². The Morgan fingerprint density at radius 3 is 2.63 bits per heavy atom. The molecule has 0 saturated carbocycles. The maximum Gasteiger partial charge on any atom is 0.416 e. The lowest BCUT2D eigenvalue weighted by Crippen LogP contribution is -2.08. The monoisotopic (exact) mass is 268 g/mol. The number of halogens is 3. The van der Waals surface area contributed by atoms with Gasteiger partial charge in [0.1, 0.15) is 12.4 Å². The number of hydrogen-bond donors (Lipinski definition) is 1. The van der Waals surface area contributed by atoms with Crippen molar-refractivity contribution in [3.05, 3.63) is 59.7 Å². The summed E-state index contributed by atoms with van der Waals surface area (Å²) >= 11 is 0. The van der Waals surface area contributed by atoms with Crippen molar-refractivity contribution in [2.75, 3.05) is 0 Å². The maximum absolute atomic E-state index is 12.5. The standard InChI is InChI=1S/C13H11F3N2O/c14-13(15,16)10-3-1-2-9(6-10)7-12(19)11-4-5-17-8-18-11/h1-6,8,12,19H,7H2. The van der Waals surface area contributed by atoms with Crippen molar-refractivity contribution in [2.24, 2.45) is 0 Å². The average molecular weight is 268 g/mol. The van der Waals surface area contributed by atoms with E-state index in [9.17, 15) is 18.3 Å². The molecule has 100 valence electrons. The van der Waals surface area contributed by atoms with Crippen molar-refractivity contribution in [3.63, 3.8) is 0 Å². The molecule has 0 amide bonds. The maximum atomic E-state index is 12.5. The van der Waals surface area contributed by atoms with Crippen LogP contribution in [0.3, 0.4) is 0 Å². The molecule has 1 unspecified atom stereocenters. The molecule has 0 aliphatic carbocycles. The van der Waals surface area contributed by atoms with Crippen LogP contribution in [0.15, 0.2) is 42.9 Å². The molecule has 2 rings (SSSR count). The van der Waals surface area contributed by atoms with Gasteiger partial charge in [0.05, 0.1) is 11.3 Å². The Labute approximate surface area is 107 Å². The molecule has 0 bridgehead atoms. The van der Waals surface area contributed by atoms with E-state index in [0.717, 1.165) is 12.1 Å². The van der Waals surface area contributed by atoms with E-state index in [1.165, 1.54) is 24.7 Å². The summed E-state index contributed by atoms with van der Waals surface area (Å²) in [7, 11) is 0. The minimum atomic E-state index is -4.38. The Hall–Kier alpha value is -1.95. The van der Waals surface area contributed by atoms with Crippen molar-refractivity contribution < 1.29 is 18.3 Å². The van der Waals surface area contributed by atoms with Gasteiger partial charge in [-0.15, -0.1) is 0 Å². The Balaban J connectivity index is 2.16. The first kappa shape index (κ1) is 13.5. The molecule has 6 heteroatoms. The Morgan fingerprint density at radius 2 is 2.00 bits per heavy atom. The van der Waals surface area contributed by atoms with Crippen LogP contribution in [0.4, 0.5) is 13.2 Å². The molecule has 0 aliphatic rings. The van der Waals surface area contributed by atoms with Crippen LogP contribution in [0, 0.1) is 0 Å². The van der Waals surface area contributed by atoms with Gasteiger partial charge in [0.2, 0.25) is 0 Å². The minimum absolute atomic E-state index is 0.0704. The third-order valence-electron chi connectivity index (χ3n) is 2.63. The number of aliphatic hydroxyl groups is 1. The minimum Gasteiger partial charge on any atom is -0.386 e. The highest BCUT2D eigenvalue weighted by Crippen LogP contribution is 2.30. The molecule has 0 aliphatic heterocycles. The second kappa shape index (κ2) is 5.36. The zero-order valence-electron chi connectivity index (χ0n) is 9.80. The fraction of sp³-hybridized carbons (Fsp3) is 0.231. The van der Waals surface area contributed by atoms with Gasteiger partial charge in [0, 0.05) is 12.6 Å². The molecule has 1 N–H and O–H groups in total. The lowest BCUT2D eigenvalue weighted by Gasteiger charge is -2.12. The normalized spacial score (nSPS) is 13.3. The second-order valence-electron chi connectivity index (χ2n) is 4.05. The molecule has 0 radical (unpaired) electrons. The first-order valence-electron chi connectivity index (χ1n) is 5.57. The first-order chi connectivity index (χ1) is 8.97. The van der Waals surface area contributed by atoms with Crippen LogP contribution in [-0.4, -0.2) is 15.1 Å². The van der Waals surface area contributed by atoms with E-state index in [2.05, 4.69) is 9.97 Å². The van der Waals surface area contributed by atoms with Crippen LogP contribution in [0.1, 0.15) is 22.9 Å².